The van der Waals surface area contributed by atoms with Crippen molar-refractivity contribution in [3.63, 3.8) is 0 Å². The van der Waals surface area contributed by atoms with E-state index in [9.17, 15) is 9.90 Å². The molecule has 2 aliphatic rings. The third-order valence-corrected chi connectivity index (χ3v) is 5.00. The summed E-state index contributed by atoms with van der Waals surface area (Å²) >= 11 is 0. The van der Waals surface area contributed by atoms with Crippen LogP contribution in [0.3, 0.4) is 0 Å². The largest absolute Gasteiger partial charge is 0.508 e. The molecule has 128 valence electrons. The number of phenolic OH excluding ortho intramolecular Hbond substituents is 1. The minimum Gasteiger partial charge on any atom is -0.508 e. The van der Waals surface area contributed by atoms with Gasteiger partial charge < -0.3 is 15.0 Å². The Bertz CT molecular complexity index is 890. The number of hydrogen-bond donors (Lipinski definition) is 2. The second kappa shape index (κ2) is 5.93. The molecule has 0 spiro atoms. The molecule has 1 unspecified atom stereocenters. The maximum Gasteiger partial charge on any atom is 0.225 e. The van der Waals surface area contributed by atoms with Crippen molar-refractivity contribution in [3.05, 3.63) is 70.8 Å². The number of benzene rings is 1. The summed E-state index contributed by atoms with van der Waals surface area (Å²) in [6.45, 7) is 0.989. The van der Waals surface area contributed by atoms with Crippen molar-refractivity contribution in [2.75, 3.05) is 13.6 Å². The Hall–Kier alpha value is -2.79. The lowest BCUT2D eigenvalue weighted by molar-refractivity contribution is 0.101. The zero-order valence-corrected chi connectivity index (χ0v) is 14.4. The summed E-state index contributed by atoms with van der Waals surface area (Å²) in [6.07, 6.45) is 8.75. The van der Waals surface area contributed by atoms with Crippen molar-refractivity contribution in [2.24, 2.45) is 7.05 Å². The summed E-state index contributed by atoms with van der Waals surface area (Å²) in [6, 6.07) is 7.06. The van der Waals surface area contributed by atoms with Crippen LogP contribution in [0, 0.1) is 0 Å². The Balaban J connectivity index is 1.61. The third kappa shape index (κ3) is 2.66. The number of nitrogens with one attached hydrogen (secondary N) is 1. The van der Waals surface area contributed by atoms with Crippen LogP contribution in [0.15, 0.2) is 48.4 Å². The number of phenols is 1. The van der Waals surface area contributed by atoms with Crippen LogP contribution in [0.4, 0.5) is 0 Å². The number of carbonyl (C=O) groups excluding carboxylic acids is 1. The van der Waals surface area contributed by atoms with Crippen LogP contribution < -0.4 is 5.32 Å². The van der Waals surface area contributed by atoms with Gasteiger partial charge in [-0.05, 0) is 48.9 Å². The molecule has 1 aliphatic heterocycles. The van der Waals surface area contributed by atoms with E-state index in [0.717, 1.165) is 29.8 Å². The Kier molecular flexibility index (Phi) is 3.73. The number of ketones is 1. The molecule has 5 heteroatoms. The average molecular weight is 335 g/mol. The zero-order valence-electron chi connectivity index (χ0n) is 14.4. The number of aryl methyl sites for hydroxylation is 1. The number of carbonyl (C=O) groups is 1. The summed E-state index contributed by atoms with van der Waals surface area (Å²) in [4.78, 5) is 15.2. The molecular formula is C20H21N3O2. The molecule has 1 aromatic heterocycles. The van der Waals surface area contributed by atoms with Gasteiger partial charge in [0.25, 0.3) is 0 Å². The SMILES string of the molecule is CN1CCc2cn(C)c3c2C1C=C(NC=Cc1ccc(O)cc1)C3=O. The van der Waals surface area contributed by atoms with Crippen molar-refractivity contribution in [2.45, 2.75) is 12.5 Å². The molecule has 0 radical (unpaired) electrons. The summed E-state index contributed by atoms with van der Waals surface area (Å²) in [5, 5.41) is 12.5. The predicted octanol–water partition coefficient (Wildman–Crippen LogP) is 2.60. The minimum absolute atomic E-state index is 0.0330. The first-order valence-electron chi connectivity index (χ1n) is 8.41. The smallest absolute Gasteiger partial charge is 0.225 e. The molecule has 5 nitrogen and oxygen atoms in total. The second-order valence-electron chi connectivity index (χ2n) is 6.68. The van der Waals surface area contributed by atoms with Crippen LogP contribution in [0.1, 0.15) is 33.2 Å². The van der Waals surface area contributed by atoms with Gasteiger partial charge in [0.2, 0.25) is 5.78 Å². The lowest BCUT2D eigenvalue weighted by Crippen LogP contribution is -2.35. The molecule has 1 atom stereocenters. The molecule has 2 heterocycles. The molecule has 0 fully saturated rings. The van der Waals surface area contributed by atoms with E-state index in [4.69, 9.17) is 0 Å². The number of likely N-dealkylation sites (N-methyl/N-ethyl adjacent to an activating group) is 1. The maximum atomic E-state index is 12.9. The molecule has 0 saturated heterocycles. The van der Waals surface area contributed by atoms with Crippen molar-refractivity contribution in [1.82, 2.24) is 14.8 Å². The fraction of sp³-hybridized carbons (Fsp3) is 0.250. The highest BCUT2D eigenvalue weighted by Gasteiger charge is 2.36. The highest BCUT2D eigenvalue weighted by Crippen LogP contribution is 2.38. The first-order valence-corrected chi connectivity index (χ1v) is 8.41. The molecule has 0 bridgehead atoms. The van der Waals surface area contributed by atoms with Gasteiger partial charge in [0, 0.05) is 31.6 Å². The molecule has 25 heavy (non-hydrogen) atoms. The zero-order chi connectivity index (χ0) is 17.6. The first-order chi connectivity index (χ1) is 12.0. The maximum absolute atomic E-state index is 12.9. The van der Waals surface area contributed by atoms with Crippen molar-refractivity contribution in [3.8, 4) is 5.75 Å². The third-order valence-electron chi connectivity index (χ3n) is 5.00. The normalized spacial score (nSPS) is 19.8. The summed E-state index contributed by atoms with van der Waals surface area (Å²) in [7, 11) is 4.04. The molecule has 1 aromatic carbocycles. The lowest BCUT2D eigenvalue weighted by Gasteiger charge is -2.34. The van der Waals surface area contributed by atoms with E-state index < -0.39 is 0 Å². The monoisotopic (exact) mass is 335 g/mol. The van der Waals surface area contributed by atoms with Gasteiger partial charge in [0.1, 0.15) is 5.75 Å². The van der Waals surface area contributed by atoms with Gasteiger partial charge in [0.05, 0.1) is 17.4 Å². The number of aromatic hydroxyl groups is 1. The van der Waals surface area contributed by atoms with Gasteiger partial charge in [-0.1, -0.05) is 12.1 Å². The number of nitrogens with zero attached hydrogens (tertiary/aromatic N) is 2. The van der Waals surface area contributed by atoms with E-state index in [0.29, 0.717) is 5.70 Å². The minimum atomic E-state index is 0.0330. The number of rotatable bonds is 3. The van der Waals surface area contributed by atoms with E-state index >= 15 is 0 Å². The predicted molar refractivity (Wildman–Crippen MR) is 97.2 cm³/mol. The Morgan fingerprint density at radius 1 is 1.24 bits per heavy atom. The topological polar surface area (TPSA) is 57.5 Å². The summed E-state index contributed by atoms with van der Waals surface area (Å²) < 4.78 is 1.96. The van der Waals surface area contributed by atoms with Crippen LogP contribution in [-0.4, -0.2) is 33.9 Å². The van der Waals surface area contributed by atoms with Gasteiger partial charge >= 0.3 is 0 Å². The second-order valence-corrected chi connectivity index (χ2v) is 6.68. The quantitative estimate of drug-likeness (QED) is 0.905. The lowest BCUT2D eigenvalue weighted by atomic mass is 9.88. The van der Waals surface area contributed by atoms with E-state index in [2.05, 4.69) is 23.5 Å². The van der Waals surface area contributed by atoms with Crippen LogP contribution in [-0.2, 0) is 13.5 Å². The van der Waals surface area contributed by atoms with Gasteiger partial charge in [0.15, 0.2) is 0 Å². The van der Waals surface area contributed by atoms with Crippen molar-refractivity contribution in [1.29, 1.82) is 0 Å². The van der Waals surface area contributed by atoms with E-state index in [1.165, 1.54) is 5.56 Å². The highest BCUT2D eigenvalue weighted by atomic mass is 16.3. The molecule has 1 aliphatic carbocycles. The number of allylic oxidation sites excluding steroid dienone is 1. The van der Waals surface area contributed by atoms with Gasteiger partial charge in [-0.25, -0.2) is 0 Å². The van der Waals surface area contributed by atoms with E-state index in [1.54, 1.807) is 18.3 Å². The number of aromatic nitrogens is 1. The van der Waals surface area contributed by atoms with Crippen molar-refractivity contribution < 1.29 is 9.90 Å². The van der Waals surface area contributed by atoms with Crippen molar-refractivity contribution >= 4 is 11.9 Å². The van der Waals surface area contributed by atoms with E-state index in [-0.39, 0.29) is 17.6 Å². The standard InChI is InChI=1S/C20H21N3O2/c1-22-10-8-14-12-23(2)19-18(14)17(22)11-16(20(19)25)21-9-7-13-3-5-15(24)6-4-13/h3-7,9,11-12,17,21,24H,8,10H2,1-2H3. The molecule has 4 rings (SSSR count). The van der Waals surface area contributed by atoms with Crippen LogP contribution in [0.2, 0.25) is 0 Å². The Morgan fingerprint density at radius 2 is 2.00 bits per heavy atom. The number of hydrogen-bond acceptors (Lipinski definition) is 4. The molecular weight excluding hydrogens is 314 g/mol. The Labute approximate surface area is 146 Å². The van der Waals surface area contributed by atoms with Gasteiger partial charge in [-0.3, -0.25) is 9.69 Å². The fourth-order valence-corrected chi connectivity index (χ4v) is 3.68. The summed E-state index contributed by atoms with van der Waals surface area (Å²) in [5.41, 5.74) is 4.78. The molecule has 0 saturated carbocycles. The van der Waals surface area contributed by atoms with E-state index in [1.807, 2.05) is 35.9 Å². The number of Topliss-reactive ketones (excluding diaryl/α,β-unsaturated/α-hetero) is 1. The van der Waals surface area contributed by atoms with Crippen LogP contribution >= 0.6 is 0 Å². The molecule has 2 aromatic rings. The highest BCUT2D eigenvalue weighted by molar-refractivity contribution is 6.10. The summed E-state index contributed by atoms with van der Waals surface area (Å²) in [5.74, 6) is 0.272. The molecule has 2 N–H and O–H groups in total. The van der Waals surface area contributed by atoms with Gasteiger partial charge in [-0.2, -0.15) is 0 Å². The van der Waals surface area contributed by atoms with Crippen LogP contribution in [0.25, 0.3) is 6.08 Å². The Morgan fingerprint density at radius 3 is 2.76 bits per heavy atom. The fourth-order valence-electron chi connectivity index (χ4n) is 3.68. The first kappa shape index (κ1) is 15.7. The average Bonchev–Trinajstić information content (AvgIpc) is 2.93. The molecule has 0 amide bonds. The van der Waals surface area contributed by atoms with Crippen LogP contribution in [0.5, 0.6) is 5.75 Å². The van der Waals surface area contributed by atoms with Gasteiger partial charge in [-0.15, -0.1) is 0 Å².